The Kier molecular flexibility index (Phi) is 6.36. The second-order valence-corrected chi connectivity index (χ2v) is 5.92. The number of halogens is 1. The molecule has 0 aliphatic carbocycles. The maximum atomic E-state index is 12.9. The minimum atomic E-state index is -0.333. The lowest BCUT2D eigenvalue weighted by Gasteiger charge is -2.22. The lowest BCUT2D eigenvalue weighted by molar-refractivity contribution is -0.907. The molecular formula is C19H24FN2O3+. The first kappa shape index (κ1) is 18.7. The third-order valence-corrected chi connectivity index (χ3v) is 4.21. The van der Waals surface area contributed by atoms with E-state index in [2.05, 4.69) is 5.32 Å². The molecule has 0 radical (unpaired) electrons. The van der Waals surface area contributed by atoms with Gasteiger partial charge < -0.3 is 19.7 Å². The van der Waals surface area contributed by atoms with Crippen molar-refractivity contribution in [3.8, 4) is 11.5 Å². The Hall–Kier alpha value is -2.60. The van der Waals surface area contributed by atoms with Gasteiger partial charge in [-0.15, -0.1) is 0 Å². The van der Waals surface area contributed by atoms with Gasteiger partial charge in [-0.05, 0) is 43.3 Å². The fourth-order valence-corrected chi connectivity index (χ4v) is 2.46. The zero-order valence-corrected chi connectivity index (χ0v) is 14.9. The van der Waals surface area contributed by atoms with Crippen molar-refractivity contribution >= 4 is 11.6 Å². The molecular weight excluding hydrogens is 323 g/mol. The average Bonchev–Trinajstić information content (AvgIpc) is 2.63. The number of quaternary nitrogens is 1. The van der Waals surface area contributed by atoms with Crippen molar-refractivity contribution in [1.82, 2.24) is 0 Å². The van der Waals surface area contributed by atoms with Crippen LogP contribution in [0.5, 0.6) is 11.5 Å². The van der Waals surface area contributed by atoms with E-state index in [0.717, 1.165) is 22.0 Å². The monoisotopic (exact) mass is 347 g/mol. The van der Waals surface area contributed by atoms with Crippen LogP contribution in [0.15, 0.2) is 42.5 Å². The molecule has 2 rings (SSSR count). The number of carbonyl (C=O) groups excluding carboxylic acids is 1. The highest BCUT2D eigenvalue weighted by molar-refractivity contribution is 5.93. The number of anilines is 1. The Balaban J connectivity index is 2.03. The van der Waals surface area contributed by atoms with Gasteiger partial charge in [-0.25, -0.2) is 4.39 Å². The van der Waals surface area contributed by atoms with E-state index in [9.17, 15) is 9.18 Å². The number of methoxy groups -OCH3 is 2. The maximum Gasteiger partial charge on any atom is 0.282 e. The van der Waals surface area contributed by atoms with E-state index in [4.69, 9.17) is 9.47 Å². The number of benzene rings is 2. The van der Waals surface area contributed by atoms with Crippen molar-refractivity contribution in [3.63, 3.8) is 0 Å². The highest BCUT2D eigenvalue weighted by Gasteiger charge is 2.23. The van der Waals surface area contributed by atoms with Crippen LogP contribution in [0.3, 0.4) is 0 Å². The van der Waals surface area contributed by atoms with Crippen LogP contribution >= 0.6 is 0 Å². The van der Waals surface area contributed by atoms with E-state index in [1.807, 2.05) is 32.2 Å². The number of nitrogens with one attached hydrogen (secondary N) is 2. The van der Waals surface area contributed by atoms with Crippen molar-refractivity contribution < 1.29 is 23.6 Å². The molecule has 1 unspecified atom stereocenters. The number of likely N-dealkylation sites (N-methyl/N-ethyl adjacent to an activating group) is 1. The fraction of sp³-hybridized carbons (Fsp3) is 0.316. The summed E-state index contributed by atoms with van der Waals surface area (Å²) < 4.78 is 23.5. The maximum absolute atomic E-state index is 12.9. The van der Waals surface area contributed by atoms with Crippen molar-refractivity contribution in [3.05, 3.63) is 53.8 Å². The molecule has 134 valence electrons. The molecule has 2 aromatic carbocycles. The van der Waals surface area contributed by atoms with Gasteiger partial charge >= 0.3 is 0 Å². The van der Waals surface area contributed by atoms with Crippen LogP contribution in [0, 0.1) is 5.82 Å². The normalized spacial score (nSPS) is 13.0. The molecule has 0 aliphatic heterocycles. The van der Waals surface area contributed by atoms with Crippen LogP contribution in [-0.2, 0) is 11.3 Å². The zero-order chi connectivity index (χ0) is 18.4. The van der Waals surface area contributed by atoms with Gasteiger partial charge in [0.25, 0.3) is 5.91 Å². The summed E-state index contributed by atoms with van der Waals surface area (Å²) in [5, 5.41) is 2.80. The Labute approximate surface area is 147 Å². The zero-order valence-electron chi connectivity index (χ0n) is 14.9. The Morgan fingerprint density at radius 3 is 2.44 bits per heavy atom. The first-order chi connectivity index (χ1) is 11.9. The van der Waals surface area contributed by atoms with E-state index in [1.165, 1.54) is 12.1 Å². The molecule has 1 amide bonds. The molecule has 0 saturated heterocycles. The number of carbonyl (C=O) groups is 1. The number of ether oxygens (including phenoxy) is 2. The molecule has 0 bridgehead atoms. The summed E-state index contributed by atoms with van der Waals surface area (Å²) in [5.41, 5.74) is 1.57. The topological polar surface area (TPSA) is 52.0 Å². The second-order valence-electron chi connectivity index (χ2n) is 5.92. The first-order valence-electron chi connectivity index (χ1n) is 8.04. The highest BCUT2D eigenvalue weighted by atomic mass is 19.1. The van der Waals surface area contributed by atoms with E-state index >= 15 is 0 Å². The molecule has 25 heavy (non-hydrogen) atoms. The summed E-state index contributed by atoms with van der Waals surface area (Å²) >= 11 is 0. The van der Waals surface area contributed by atoms with Gasteiger partial charge in [0, 0.05) is 17.3 Å². The average molecular weight is 347 g/mol. The van der Waals surface area contributed by atoms with E-state index in [1.54, 1.807) is 26.4 Å². The lowest BCUT2D eigenvalue weighted by Crippen LogP contribution is -3.12. The molecule has 0 spiro atoms. The van der Waals surface area contributed by atoms with Crippen LogP contribution in [0.4, 0.5) is 10.1 Å². The Morgan fingerprint density at radius 2 is 1.84 bits per heavy atom. The predicted molar refractivity (Wildman–Crippen MR) is 94.6 cm³/mol. The summed E-state index contributed by atoms with van der Waals surface area (Å²) in [6.07, 6.45) is 0. The van der Waals surface area contributed by atoms with Crippen LogP contribution < -0.4 is 19.7 Å². The third-order valence-electron chi connectivity index (χ3n) is 4.21. The van der Waals surface area contributed by atoms with Gasteiger partial charge in [-0.1, -0.05) is 0 Å². The largest absolute Gasteiger partial charge is 0.497 e. The predicted octanol–water partition coefficient (Wildman–Crippen LogP) is 1.88. The van der Waals surface area contributed by atoms with Gasteiger partial charge in [0.15, 0.2) is 6.04 Å². The molecule has 0 saturated carbocycles. The Morgan fingerprint density at radius 1 is 1.16 bits per heavy atom. The summed E-state index contributed by atoms with van der Waals surface area (Å²) in [6, 6.07) is 11.1. The van der Waals surface area contributed by atoms with Crippen LogP contribution in [0.1, 0.15) is 12.5 Å². The smallest absolute Gasteiger partial charge is 0.282 e. The quantitative estimate of drug-likeness (QED) is 0.804. The molecule has 0 heterocycles. The van der Waals surface area contributed by atoms with Gasteiger partial charge in [-0.3, -0.25) is 4.79 Å². The fourth-order valence-electron chi connectivity index (χ4n) is 2.46. The highest BCUT2D eigenvalue weighted by Crippen LogP contribution is 2.23. The van der Waals surface area contributed by atoms with Gasteiger partial charge in [-0.2, -0.15) is 0 Å². The van der Waals surface area contributed by atoms with Gasteiger partial charge in [0.1, 0.15) is 23.9 Å². The van der Waals surface area contributed by atoms with Crippen molar-refractivity contribution in [2.24, 2.45) is 0 Å². The molecule has 2 aromatic rings. The lowest BCUT2D eigenvalue weighted by atomic mass is 10.1. The van der Waals surface area contributed by atoms with E-state index < -0.39 is 0 Å². The second kappa shape index (κ2) is 8.48. The summed E-state index contributed by atoms with van der Waals surface area (Å²) in [7, 11) is 5.16. The van der Waals surface area contributed by atoms with Crippen LogP contribution in [-0.4, -0.2) is 33.2 Å². The van der Waals surface area contributed by atoms with Gasteiger partial charge in [0.2, 0.25) is 0 Å². The number of rotatable bonds is 7. The Bertz CT molecular complexity index is 719. The van der Waals surface area contributed by atoms with Crippen LogP contribution in [0.25, 0.3) is 0 Å². The molecule has 5 nitrogen and oxygen atoms in total. The number of hydrogen-bond donors (Lipinski definition) is 2. The van der Waals surface area contributed by atoms with Gasteiger partial charge in [0.05, 0.1) is 21.3 Å². The molecule has 2 N–H and O–H groups in total. The molecule has 0 fully saturated rings. The third kappa shape index (κ3) is 4.93. The standard InChI is InChI=1S/C19H23FN2O3/c1-13(19(23)21-16-8-6-15(20)7-9-16)22(2)12-14-5-10-17(24-3)11-18(14)25-4/h5-11,13H,12H2,1-4H3,(H,21,23)/p+1/t13-/m0/s1. The van der Waals surface area contributed by atoms with E-state index in [-0.39, 0.29) is 17.8 Å². The van der Waals surface area contributed by atoms with Crippen molar-refractivity contribution in [2.75, 3.05) is 26.6 Å². The van der Waals surface area contributed by atoms with Crippen molar-refractivity contribution in [1.29, 1.82) is 0 Å². The van der Waals surface area contributed by atoms with Crippen LogP contribution in [0.2, 0.25) is 0 Å². The number of amides is 1. The molecule has 0 aromatic heterocycles. The SMILES string of the molecule is COc1ccc(C[NH+](C)[C@@H](C)C(=O)Nc2ccc(F)cc2)c(OC)c1. The minimum absolute atomic E-state index is 0.128. The summed E-state index contributed by atoms with van der Waals surface area (Å²) in [5.74, 6) is 0.988. The molecule has 2 atom stereocenters. The first-order valence-corrected chi connectivity index (χ1v) is 8.04. The summed E-state index contributed by atoms with van der Waals surface area (Å²) in [6.45, 7) is 2.47. The van der Waals surface area contributed by atoms with E-state index in [0.29, 0.717) is 12.2 Å². The van der Waals surface area contributed by atoms with Crippen molar-refractivity contribution in [2.45, 2.75) is 19.5 Å². The summed E-state index contributed by atoms with van der Waals surface area (Å²) in [4.78, 5) is 13.4. The molecule has 0 aliphatic rings. The molecule has 6 heteroatoms. The number of hydrogen-bond acceptors (Lipinski definition) is 3. The minimum Gasteiger partial charge on any atom is -0.497 e.